The maximum Gasteiger partial charge on any atom is 0.401 e. The molecule has 0 saturated carbocycles. The maximum absolute atomic E-state index is 12.4. The van der Waals surface area contributed by atoms with Crippen LogP contribution in [0.3, 0.4) is 0 Å². The molecule has 1 fully saturated rings. The van der Waals surface area contributed by atoms with Crippen molar-refractivity contribution in [2.45, 2.75) is 38.5 Å². The predicted molar refractivity (Wildman–Crippen MR) is 73.5 cm³/mol. The number of halogens is 3. The Morgan fingerprint density at radius 3 is 2.15 bits per heavy atom. The van der Waals surface area contributed by atoms with Crippen LogP contribution in [0, 0.1) is 0 Å². The number of rotatable bonds is 4. The Hall–Kier alpha value is -0.750. The van der Waals surface area contributed by atoms with Gasteiger partial charge in [-0.1, -0.05) is 6.08 Å². The first-order valence-corrected chi connectivity index (χ1v) is 7.32. The van der Waals surface area contributed by atoms with Gasteiger partial charge in [0.2, 0.25) is 0 Å². The van der Waals surface area contributed by atoms with E-state index in [-0.39, 0.29) is 0 Å². The van der Waals surface area contributed by atoms with Crippen molar-refractivity contribution in [2.75, 3.05) is 39.3 Å². The van der Waals surface area contributed by atoms with Crippen molar-refractivity contribution >= 4 is 0 Å². The topological polar surface area (TPSA) is 9.72 Å². The fraction of sp³-hybridized carbons (Fsp3) is 0.857. The fourth-order valence-electron chi connectivity index (χ4n) is 3.01. The minimum absolute atomic E-state index is 0.366. The van der Waals surface area contributed by atoms with Gasteiger partial charge in [0.15, 0.2) is 0 Å². The van der Waals surface area contributed by atoms with Crippen LogP contribution in [0.4, 0.5) is 13.2 Å². The van der Waals surface area contributed by atoms with Crippen LogP contribution in [-0.4, -0.2) is 72.2 Å². The van der Waals surface area contributed by atoms with Gasteiger partial charge >= 0.3 is 6.18 Å². The van der Waals surface area contributed by atoms with E-state index in [0.29, 0.717) is 25.2 Å². The standard InChI is InChI=1S/C14H24F3N3/c1-12(19-5-3-4-6-19)13(2)20-9-7-18(8-10-20)11-14(15,16)17/h3,5,12-13H,4,6-11H2,1-2H3. The van der Waals surface area contributed by atoms with Crippen molar-refractivity contribution in [1.29, 1.82) is 0 Å². The molecule has 2 atom stereocenters. The first-order valence-electron chi connectivity index (χ1n) is 7.32. The van der Waals surface area contributed by atoms with Crippen LogP contribution in [0.2, 0.25) is 0 Å². The molecule has 0 bridgehead atoms. The van der Waals surface area contributed by atoms with E-state index in [4.69, 9.17) is 0 Å². The molecule has 2 aliphatic rings. The summed E-state index contributed by atoms with van der Waals surface area (Å²) < 4.78 is 37.1. The predicted octanol–water partition coefficient (Wildman–Crippen LogP) is 2.16. The molecule has 0 radical (unpaired) electrons. The molecular weight excluding hydrogens is 267 g/mol. The van der Waals surface area contributed by atoms with Gasteiger partial charge in [-0.05, 0) is 26.5 Å². The molecule has 0 aromatic heterocycles. The van der Waals surface area contributed by atoms with Crippen molar-refractivity contribution in [3.8, 4) is 0 Å². The Labute approximate surface area is 119 Å². The monoisotopic (exact) mass is 291 g/mol. The van der Waals surface area contributed by atoms with Crippen LogP contribution in [0.25, 0.3) is 0 Å². The van der Waals surface area contributed by atoms with Crippen LogP contribution < -0.4 is 0 Å². The van der Waals surface area contributed by atoms with E-state index in [1.165, 1.54) is 4.90 Å². The highest BCUT2D eigenvalue weighted by molar-refractivity contribution is 4.96. The van der Waals surface area contributed by atoms with Crippen molar-refractivity contribution in [3.63, 3.8) is 0 Å². The third kappa shape index (κ3) is 4.12. The van der Waals surface area contributed by atoms with Crippen molar-refractivity contribution in [1.82, 2.24) is 14.7 Å². The second kappa shape index (κ2) is 6.35. The van der Waals surface area contributed by atoms with Gasteiger partial charge in [0.25, 0.3) is 0 Å². The molecule has 0 aromatic carbocycles. The molecule has 0 amide bonds. The number of piperazine rings is 1. The largest absolute Gasteiger partial charge is 0.401 e. The van der Waals surface area contributed by atoms with Gasteiger partial charge in [0.1, 0.15) is 0 Å². The Balaban J connectivity index is 1.79. The lowest BCUT2D eigenvalue weighted by Gasteiger charge is -2.42. The summed E-state index contributed by atoms with van der Waals surface area (Å²) in [5.41, 5.74) is 0. The highest BCUT2D eigenvalue weighted by atomic mass is 19.4. The second-order valence-corrected chi connectivity index (χ2v) is 5.82. The minimum Gasteiger partial charge on any atom is -0.373 e. The second-order valence-electron chi connectivity index (χ2n) is 5.82. The summed E-state index contributed by atoms with van der Waals surface area (Å²) >= 11 is 0. The summed E-state index contributed by atoms with van der Waals surface area (Å²) in [6, 6.07) is 0.772. The molecule has 1 saturated heterocycles. The first-order chi connectivity index (χ1) is 9.37. The van der Waals surface area contributed by atoms with Gasteiger partial charge in [-0.15, -0.1) is 0 Å². The summed E-state index contributed by atoms with van der Waals surface area (Å²) in [5.74, 6) is 0. The van der Waals surface area contributed by atoms with Crippen molar-refractivity contribution in [3.05, 3.63) is 12.3 Å². The molecule has 2 aliphatic heterocycles. The van der Waals surface area contributed by atoms with E-state index in [9.17, 15) is 13.2 Å². The SMILES string of the molecule is CC(C(C)N1CCN(CC(F)(F)F)CC1)N1C=CCC1. The maximum atomic E-state index is 12.4. The number of hydrogen-bond donors (Lipinski definition) is 0. The quantitative estimate of drug-likeness (QED) is 0.786. The van der Waals surface area contributed by atoms with E-state index < -0.39 is 12.7 Å². The van der Waals surface area contributed by atoms with Gasteiger partial charge < -0.3 is 4.90 Å². The highest BCUT2D eigenvalue weighted by Crippen LogP contribution is 2.20. The number of nitrogens with zero attached hydrogens (tertiary/aromatic N) is 3. The average Bonchev–Trinajstić information content (AvgIpc) is 2.90. The Morgan fingerprint density at radius 1 is 1.00 bits per heavy atom. The highest BCUT2D eigenvalue weighted by Gasteiger charge is 2.33. The zero-order valence-corrected chi connectivity index (χ0v) is 12.2. The lowest BCUT2D eigenvalue weighted by atomic mass is 10.1. The van der Waals surface area contributed by atoms with Crippen LogP contribution >= 0.6 is 0 Å². The summed E-state index contributed by atoms with van der Waals surface area (Å²) in [6.07, 6.45) is 1.32. The minimum atomic E-state index is -4.08. The molecule has 2 rings (SSSR count). The van der Waals surface area contributed by atoms with E-state index >= 15 is 0 Å². The van der Waals surface area contributed by atoms with Crippen LogP contribution in [0.15, 0.2) is 12.3 Å². The van der Waals surface area contributed by atoms with Crippen molar-refractivity contribution < 1.29 is 13.2 Å². The summed E-state index contributed by atoms with van der Waals surface area (Å²) in [6.45, 7) is 7.11. The third-order valence-electron chi connectivity index (χ3n) is 4.46. The van der Waals surface area contributed by atoms with E-state index in [1.54, 1.807) is 0 Å². The molecule has 116 valence electrons. The molecule has 2 heterocycles. The smallest absolute Gasteiger partial charge is 0.373 e. The zero-order valence-electron chi connectivity index (χ0n) is 12.2. The fourth-order valence-corrected chi connectivity index (χ4v) is 3.01. The first kappa shape index (κ1) is 15.6. The van der Waals surface area contributed by atoms with Crippen molar-refractivity contribution in [2.24, 2.45) is 0 Å². The van der Waals surface area contributed by atoms with Gasteiger partial charge in [0, 0.05) is 44.8 Å². The van der Waals surface area contributed by atoms with Crippen LogP contribution in [0.5, 0.6) is 0 Å². The molecule has 0 N–H and O–H groups in total. The number of hydrogen-bond acceptors (Lipinski definition) is 3. The molecule has 0 aromatic rings. The van der Waals surface area contributed by atoms with Crippen LogP contribution in [0.1, 0.15) is 20.3 Å². The van der Waals surface area contributed by atoms with E-state index in [2.05, 4.69) is 35.9 Å². The Bertz CT molecular complexity index is 335. The molecule has 0 spiro atoms. The summed E-state index contributed by atoms with van der Waals surface area (Å²) in [4.78, 5) is 6.14. The Kier molecular flexibility index (Phi) is 4.96. The van der Waals surface area contributed by atoms with E-state index in [1.807, 2.05) is 0 Å². The molecule has 2 unspecified atom stereocenters. The Morgan fingerprint density at radius 2 is 1.65 bits per heavy atom. The molecule has 0 aliphatic carbocycles. The lowest BCUT2D eigenvalue weighted by Crippen LogP contribution is -2.55. The third-order valence-corrected chi connectivity index (χ3v) is 4.46. The summed E-state index contributed by atoms with van der Waals surface area (Å²) in [5, 5.41) is 0. The zero-order chi connectivity index (χ0) is 14.8. The van der Waals surface area contributed by atoms with Crippen LogP contribution in [-0.2, 0) is 0 Å². The average molecular weight is 291 g/mol. The van der Waals surface area contributed by atoms with Gasteiger partial charge in [-0.3, -0.25) is 9.80 Å². The molecule has 3 nitrogen and oxygen atoms in total. The molecule has 6 heteroatoms. The van der Waals surface area contributed by atoms with Gasteiger partial charge in [-0.2, -0.15) is 13.2 Å². The molecule has 20 heavy (non-hydrogen) atoms. The number of alkyl halides is 3. The lowest BCUT2D eigenvalue weighted by molar-refractivity contribution is -0.150. The normalized spacial score (nSPS) is 25.1. The van der Waals surface area contributed by atoms with E-state index in [0.717, 1.165) is 26.1 Å². The summed E-state index contributed by atoms with van der Waals surface area (Å²) in [7, 11) is 0. The van der Waals surface area contributed by atoms with Gasteiger partial charge in [0.05, 0.1) is 6.54 Å². The van der Waals surface area contributed by atoms with Gasteiger partial charge in [-0.25, -0.2) is 0 Å². The molecular formula is C14H24F3N3.